The van der Waals surface area contributed by atoms with Crippen LogP contribution in [0, 0.1) is 5.92 Å². The van der Waals surface area contributed by atoms with Crippen molar-refractivity contribution in [3.05, 3.63) is 0 Å². The molecule has 3 atom stereocenters. The first-order valence-electron chi connectivity index (χ1n) is 7.13. The fraction of sp³-hybridized carbons (Fsp3) is 1.00. The summed E-state index contributed by atoms with van der Waals surface area (Å²) in [5, 5.41) is 3.93. The summed E-state index contributed by atoms with van der Waals surface area (Å²) in [4.78, 5) is 2.50. The minimum atomic E-state index is 0.747. The Morgan fingerprint density at radius 2 is 1.75 bits per heavy atom. The Kier molecular flexibility index (Phi) is 4.26. The van der Waals surface area contributed by atoms with E-state index in [0.29, 0.717) is 0 Å². The molecule has 1 saturated carbocycles. The molecule has 2 nitrogen and oxygen atoms in total. The van der Waals surface area contributed by atoms with E-state index < -0.39 is 0 Å². The fourth-order valence-electron chi connectivity index (χ4n) is 3.35. The third kappa shape index (κ3) is 2.98. The van der Waals surface area contributed by atoms with E-state index in [1.807, 2.05) is 0 Å². The number of hydrogen-bond donors (Lipinski definition) is 1. The van der Waals surface area contributed by atoms with Crippen LogP contribution in [0.25, 0.3) is 0 Å². The van der Waals surface area contributed by atoms with Crippen LogP contribution in [0.2, 0.25) is 0 Å². The van der Waals surface area contributed by atoms with Crippen LogP contribution in [0.15, 0.2) is 0 Å². The number of nitrogens with zero attached hydrogens (tertiary/aromatic N) is 1. The molecule has 0 radical (unpaired) electrons. The second-order valence-corrected chi connectivity index (χ2v) is 6.11. The lowest BCUT2D eigenvalue weighted by molar-refractivity contribution is 0.111. The Labute approximate surface area is 101 Å². The molecule has 2 rings (SSSR count). The topological polar surface area (TPSA) is 15.3 Å². The van der Waals surface area contributed by atoms with Gasteiger partial charge in [-0.25, -0.2) is 0 Å². The summed E-state index contributed by atoms with van der Waals surface area (Å²) in [6.45, 7) is 6.02. The lowest BCUT2D eigenvalue weighted by Crippen LogP contribution is -2.53. The van der Waals surface area contributed by atoms with Gasteiger partial charge in [-0.2, -0.15) is 0 Å². The number of piperidine rings is 1. The van der Waals surface area contributed by atoms with E-state index in [4.69, 9.17) is 0 Å². The molecule has 1 saturated heterocycles. The average Bonchev–Trinajstić information content (AvgIpc) is 2.27. The lowest BCUT2D eigenvalue weighted by Gasteiger charge is -2.42. The molecule has 0 bridgehead atoms. The molecule has 94 valence electrons. The fourth-order valence-corrected chi connectivity index (χ4v) is 3.35. The van der Waals surface area contributed by atoms with Gasteiger partial charge in [-0.15, -0.1) is 0 Å². The van der Waals surface area contributed by atoms with Crippen LogP contribution < -0.4 is 5.32 Å². The van der Waals surface area contributed by atoms with Crippen molar-refractivity contribution in [2.24, 2.45) is 5.92 Å². The Balaban J connectivity index is 1.83. The molecule has 16 heavy (non-hydrogen) atoms. The van der Waals surface area contributed by atoms with Crippen molar-refractivity contribution in [2.45, 2.75) is 70.5 Å². The van der Waals surface area contributed by atoms with E-state index in [-0.39, 0.29) is 0 Å². The molecule has 1 aliphatic heterocycles. The number of hydrogen-bond acceptors (Lipinski definition) is 2. The smallest absolute Gasteiger partial charge is 0.0122 e. The molecule has 2 fully saturated rings. The molecule has 2 aliphatic rings. The predicted octanol–water partition coefficient (Wildman–Crippen LogP) is 2.64. The van der Waals surface area contributed by atoms with Crippen molar-refractivity contribution in [2.75, 3.05) is 13.6 Å². The average molecular weight is 224 g/mol. The van der Waals surface area contributed by atoms with Crippen molar-refractivity contribution in [1.29, 1.82) is 0 Å². The van der Waals surface area contributed by atoms with Crippen molar-refractivity contribution >= 4 is 0 Å². The minimum absolute atomic E-state index is 0.747. The number of nitrogens with one attached hydrogen (secondary N) is 1. The monoisotopic (exact) mass is 224 g/mol. The molecule has 0 aromatic heterocycles. The van der Waals surface area contributed by atoms with Crippen molar-refractivity contribution in [1.82, 2.24) is 10.2 Å². The van der Waals surface area contributed by atoms with E-state index in [9.17, 15) is 0 Å². The molecular weight excluding hydrogens is 196 g/mol. The molecule has 0 aromatic rings. The first kappa shape index (κ1) is 12.4. The van der Waals surface area contributed by atoms with E-state index >= 15 is 0 Å². The highest BCUT2D eigenvalue weighted by atomic mass is 15.2. The molecule has 2 heteroatoms. The zero-order chi connectivity index (χ0) is 11.5. The Morgan fingerprint density at radius 1 is 1.06 bits per heavy atom. The standard InChI is InChI=1S/C14H28N2/c1-11-10-16(3)12(2)9-14(11)15-13-7-5-4-6-8-13/h11-15H,4-10H2,1-3H3. The van der Waals surface area contributed by atoms with Crippen LogP contribution in [0.5, 0.6) is 0 Å². The summed E-state index contributed by atoms with van der Waals surface area (Å²) < 4.78 is 0. The van der Waals surface area contributed by atoms with Gasteiger partial charge in [-0.3, -0.25) is 0 Å². The van der Waals surface area contributed by atoms with E-state index in [2.05, 4.69) is 31.1 Å². The van der Waals surface area contributed by atoms with Gasteiger partial charge in [-0.05, 0) is 39.2 Å². The molecule has 0 spiro atoms. The molecule has 0 amide bonds. The summed E-state index contributed by atoms with van der Waals surface area (Å²) in [6, 6.07) is 2.32. The van der Waals surface area contributed by atoms with Crippen LogP contribution in [0.1, 0.15) is 52.4 Å². The van der Waals surface area contributed by atoms with Crippen LogP contribution in [-0.4, -0.2) is 36.6 Å². The van der Waals surface area contributed by atoms with Crippen molar-refractivity contribution < 1.29 is 0 Å². The van der Waals surface area contributed by atoms with Crippen molar-refractivity contribution in [3.8, 4) is 0 Å². The molecule has 0 aromatic carbocycles. The second kappa shape index (κ2) is 5.50. The zero-order valence-corrected chi connectivity index (χ0v) is 11.2. The van der Waals surface area contributed by atoms with Gasteiger partial charge < -0.3 is 10.2 Å². The van der Waals surface area contributed by atoms with Crippen LogP contribution >= 0.6 is 0 Å². The maximum absolute atomic E-state index is 3.93. The van der Waals surface area contributed by atoms with Gasteiger partial charge in [0.05, 0.1) is 0 Å². The highest BCUT2D eigenvalue weighted by Crippen LogP contribution is 2.24. The minimum Gasteiger partial charge on any atom is -0.311 e. The van der Waals surface area contributed by atoms with Gasteiger partial charge in [0.15, 0.2) is 0 Å². The summed E-state index contributed by atoms with van der Waals surface area (Å²) in [5.41, 5.74) is 0. The van der Waals surface area contributed by atoms with E-state index in [0.717, 1.165) is 24.0 Å². The van der Waals surface area contributed by atoms with E-state index in [1.165, 1.54) is 45.1 Å². The van der Waals surface area contributed by atoms with Gasteiger partial charge in [0, 0.05) is 24.7 Å². The van der Waals surface area contributed by atoms with Gasteiger partial charge in [0.25, 0.3) is 0 Å². The third-order valence-corrected chi connectivity index (χ3v) is 4.67. The van der Waals surface area contributed by atoms with Crippen LogP contribution in [0.4, 0.5) is 0 Å². The largest absolute Gasteiger partial charge is 0.311 e. The SMILES string of the molecule is CC1CN(C)C(C)CC1NC1CCCCC1. The maximum Gasteiger partial charge on any atom is 0.0122 e. The van der Waals surface area contributed by atoms with Gasteiger partial charge in [0.2, 0.25) is 0 Å². The summed E-state index contributed by atoms with van der Waals surface area (Å²) in [5.74, 6) is 0.808. The Morgan fingerprint density at radius 3 is 2.44 bits per heavy atom. The van der Waals surface area contributed by atoms with Crippen LogP contribution in [0.3, 0.4) is 0 Å². The number of rotatable bonds is 2. The molecular formula is C14H28N2. The third-order valence-electron chi connectivity index (χ3n) is 4.67. The quantitative estimate of drug-likeness (QED) is 0.776. The molecule has 1 heterocycles. The lowest BCUT2D eigenvalue weighted by atomic mass is 9.87. The van der Waals surface area contributed by atoms with Gasteiger partial charge >= 0.3 is 0 Å². The highest BCUT2D eigenvalue weighted by Gasteiger charge is 2.30. The second-order valence-electron chi connectivity index (χ2n) is 6.11. The zero-order valence-electron chi connectivity index (χ0n) is 11.2. The number of likely N-dealkylation sites (tertiary alicyclic amines) is 1. The summed E-state index contributed by atoms with van der Waals surface area (Å²) in [6.07, 6.45) is 8.48. The predicted molar refractivity (Wildman–Crippen MR) is 69.7 cm³/mol. The highest BCUT2D eigenvalue weighted by molar-refractivity contribution is 4.88. The van der Waals surface area contributed by atoms with E-state index in [1.54, 1.807) is 0 Å². The molecule has 3 unspecified atom stereocenters. The molecule has 1 aliphatic carbocycles. The van der Waals surface area contributed by atoms with Gasteiger partial charge in [-0.1, -0.05) is 26.2 Å². The maximum atomic E-state index is 3.93. The Bertz CT molecular complexity index is 211. The summed E-state index contributed by atoms with van der Waals surface area (Å²) in [7, 11) is 2.26. The van der Waals surface area contributed by atoms with Crippen LogP contribution in [-0.2, 0) is 0 Å². The first-order chi connectivity index (χ1) is 7.66. The van der Waals surface area contributed by atoms with Gasteiger partial charge in [0.1, 0.15) is 0 Å². The first-order valence-corrected chi connectivity index (χ1v) is 7.13. The van der Waals surface area contributed by atoms with Crippen molar-refractivity contribution in [3.63, 3.8) is 0 Å². The molecule has 1 N–H and O–H groups in total. The summed E-state index contributed by atoms with van der Waals surface area (Å²) >= 11 is 0. The normalized spacial score (nSPS) is 38.8. The Hall–Kier alpha value is -0.0800.